The molecule has 0 saturated carbocycles. The van der Waals surface area contributed by atoms with Gasteiger partial charge in [-0.3, -0.25) is 0 Å². The summed E-state index contributed by atoms with van der Waals surface area (Å²) in [6.07, 6.45) is -12.5. The van der Waals surface area contributed by atoms with E-state index in [2.05, 4.69) is 0 Å². The van der Waals surface area contributed by atoms with Gasteiger partial charge in [0.15, 0.2) is 18.9 Å². The Kier molecular flexibility index (Phi) is 15.3. The highest BCUT2D eigenvalue weighted by atomic mass is 16.8. The fourth-order valence-electron chi connectivity index (χ4n) is 6.03. The van der Waals surface area contributed by atoms with Gasteiger partial charge < -0.3 is 76.5 Å². The van der Waals surface area contributed by atoms with Crippen LogP contribution in [0.25, 0.3) is 0 Å². The Morgan fingerprint density at radius 2 is 0.884 bits per heavy atom. The van der Waals surface area contributed by atoms with E-state index < -0.39 is 92.1 Å². The summed E-state index contributed by atoms with van der Waals surface area (Å²) in [4.78, 5) is 0. The fourth-order valence-corrected chi connectivity index (χ4v) is 6.03. The van der Waals surface area contributed by atoms with Gasteiger partial charge in [-0.15, -0.1) is 0 Å². The van der Waals surface area contributed by atoms with Gasteiger partial charge in [0.05, 0.1) is 19.8 Å². The van der Waals surface area contributed by atoms with Crippen LogP contribution in [0.2, 0.25) is 0 Å². The molecule has 0 aromatic rings. The molecule has 3 heterocycles. The van der Waals surface area contributed by atoms with Gasteiger partial charge in [0.25, 0.3) is 0 Å². The van der Waals surface area contributed by atoms with Crippen molar-refractivity contribution in [1.29, 1.82) is 0 Å². The fraction of sp³-hybridized carbons (Fsp3) is 1.00. The number of aliphatic hydroxyl groups excluding tert-OH is 2. The van der Waals surface area contributed by atoms with Crippen LogP contribution >= 0.6 is 0 Å². The third-order valence-corrected chi connectivity index (χ3v) is 8.10. The summed E-state index contributed by atoms with van der Waals surface area (Å²) in [6, 6.07) is 0. The van der Waals surface area contributed by atoms with Crippen LogP contribution in [0.4, 0.5) is 0 Å². The Hall–Kier alpha value is -0.640. The number of rotatable bonds is 16. The zero-order valence-corrected chi connectivity index (χ0v) is 26.4. The average Bonchev–Trinajstić information content (AvgIpc) is 3.01. The normalized spacial score (nSPS) is 44.0. The summed E-state index contributed by atoms with van der Waals surface area (Å²) in [5.41, 5.74) is 0. The third-order valence-electron chi connectivity index (χ3n) is 8.10. The van der Waals surface area contributed by atoms with Crippen molar-refractivity contribution in [3.8, 4) is 0 Å². The van der Waals surface area contributed by atoms with Crippen LogP contribution in [0.5, 0.6) is 0 Å². The Morgan fingerprint density at radius 3 is 1.37 bits per heavy atom. The average molecular weight is 631 g/mol. The van der Waals surface area contributed by atoms with Gasteiger partial charge in [-0.05, 0) is 0 Å². The maximum Gasteiger partial charge on any atom is 0.187 e. The van der Waals surface area contributed by atoms with Gasteiger partial charge in [0, 0.05) is 64.0 Å². The molecule has 3 aliphatic rings. The van der Waals surface area contributed by atoms with Gasteiger partial charge in [0.1, 0.15) is 73.2 Å². The predicted molar refractivity (Wildman–Crippen MR) is 144 cm³/mol. The number of methoxy groups -OCH3 is 9. The van der Waals surface area contributed by atoms with Crippen LogP contribution in [0.15, 0.2) is 0 Å². The largest absolute Gasteiger partial charge is 0.385 e. The van der Waals surface area contributed by atoms with E-state index in [4.69, 9.17) is 66.3 Å². The summed E-state index contributed by atoms with van der Waals surface area (Å²) < 4.78 is 80.5. The van der Waals surface area contributed by atoms with Gasteiger partial charge in [-0.2, -0.15) is 0 Å². The molecule has 16 heteroatoms. The molecule has 3 rings (SSSR count). The summed E-state index contributed by atoms with van der Waals surface area (Å²) in [6.45, 7) is 0.149. The smallest absolute Gasteiger partial charge is 0.187 e. The lowest BCUT2D eigenvalue weighted by molar-refractivity contribution is -0.370. The summed E-state index contributed by atoms with van der Waals surface area (Å²) in [5, 5.41) is 21.8. The van der Waals surface area contributed by atoms with Crippen molar-refractivity contribution in [3.05, 3.63) is 0 Å². The molecule has 15 atom stereocenters. The molecule has 0 radical (unpaired) electrons. The van der Waals surface area contributed by atoms with Crippen molar-refractivity contribution in [1.82, 2.24) is 0 Å². The van der Waals surface area contributed by atoms with Crippen molar-refractivity contribution in [2.45, 2.75) is 92.1 Å². The molecule has 0 amide bonds. The molecule has 3 aliphatic heterocycles. The lowest BCUT2D eigenvalue weighted by atomic mass is 9.96. The third kappa shape index (κ3) is 8.21. The predicted octanol–water partition coefficient (Wildman–Crippen LogP) is -1.69. The lowest BCUT2D eigenvalue weighted by Gasteiger charge is -2.49. The monoisotopic (exact) mass is 630 g/mol. The van der Waals surface area contributed by atoms with E-state index in [0.717, 1.165) is 0 Å². The second-order valence-corrected chi connectivity index (χ2v) is 10.4. The van der Waals surface area contributed by atoms with Crippen molar-refractivity contribution in [3.63, 3.8) is 0 Å². The SMILES string of the molecule is COC[C@H]1O[C@H](O[C@H]2[C@H](OC)[C@@H](O)[C@H](OC[C@H]3OC(O)[C@H](OC)[C@@H](OC)[C@@H]3OC)O[C@@H]2COC)[C@H](OC)[C@@H](OC)[C@@H]1OC. The van der Waals surface area contributed by atoms with Crippen molar-refractivity contribution >= 4 is 0 Å². The zero-order valence-electron chi connectivity index (χ0n) is 26.4. The number of hydrogen-bond donors (Lipinski definition) is 2. The van der Waals surface area contributed by atoms with E-state index in [0.29, 0.717) is 0 Å². The molecule has 16 nitrogen and oxygen atoms in total. The van der Waals surface area contributed by atoms with Crippen LogP contribution in [0.3, 0.4) is 0 Å². The first-order valence-corrected chi connectivity index (χ1v) is 14.1. The summed E-state index contributed by atoms with van der Waals surface area (Å²) in [7, 11) is 13.5. The van der Waals surface area contributed by atoms with Crippen molar-refractivity contribution in [2.75, 3.05) is 83.8 Å². The van der Waals surface area contributed by atoms with E-state index in [9.17, 15) is 10.2 Å². The maximum absolute atomic E-state index is 11.3. The minimum atomic E-state index is -1.31. The minimum Gasteiger partial charge on any atom is -0.385 e. The van der Waals surface area contributed by atoms with Crippen LogP contribution < -0.4 is 0 Å². The molecule has 3 saturated heterocycles. The summed E-state index contributed by atoms with van der Waals surface area (Å²) in [5.74, 6) is 0. The maximum atomic E-state index is 11.3. The van der Waals surface area contributed by atoms with E-state index >= 15 is 0 Å². The van der Waals surface area contributed by atoms with Crippen LogP contribution in [-0.4, -0.2) is 186 Å². The van der Waals surface area contributed by atoms with Crippen molar-refractivity contribution in [2.24, 2.45) is 0 Å². The highest BCUT2D eigenvalue weighted by Crippen LogP contribution is 2.34. The number of aliphatic hydroxyl groups is 2. The van der Waals surface area contributed by atoms with Crippen LogP contribution in [-0.2, 0) is 66.3 Å². The Morgan fingerprint density at radius 1 is 0.442 bits per heavy atom. The number of hydrogen-bond acceptors (Lipinski definition) is 16. The molecule has 43 heavy (non-hydrogen) atoms. The molecule has 254 valence electrons. The van der Waals surface area contributed by atoms with Gasteiger partial charge in [0.2, 0.25) is 0 Å². The molecule has 2 N–H and O–H groups in total. The first-order chi connectivity index (χ1) is 20.8. The molecule has 3 fully saturated rings. The molecule has 0 aromatic carbocycles. The molecule has 0 spiro atoms. The van der Waals surface area contributed by atoms with E-state index in [1.165, 1.54) is 42.7 Å². The van der Waals surface area contributed by atoms with E-state index in [1.807, 2.05) is 0 Å². The number of ether oxygens (including phenoxy) is 14. The first-order valence-electron chi connectivity index (χ1n) is 14.1. The Balaban J connectivity index is 1.78. The summed E-state index contributed by atoms with van der Waals surface area (Å²) >= 11 is 0. The first kappa shape index (κ1) is 36.8. The Bertz CT molecular complexity index is 779. The minimum absolute atomic E-state index is 0.0674. The lowest BCUT2D eigenvalue weighted by Crippen LogP contribution is -2.66. The Labute approximate surface area is 252 Å². The van der Waals surface area contributed by atoms with Crippen LogP contribution in [0, 0.1) is 0 Å². The van der Waals surface area contributed by atoms with Gasteiger partial charge in [-0.25, -0.2) is 0 Å². The quantitative estimate of drug-likeness (QED) is 0.198. The van der Waals surface area contributed by atoms with Gasteiger partial charge in [-0.1, -0.05) is 0 Å². The molecular formula is C27H50O16. The van der Waals surface area contributed by atoms with Gasteiger partial charge >= 0.3 is 0 Å². The van der Waals surface area contributed by atoms with E-state index in [1.54, 1.807) is 21.3 Å². The van der Waals surface area contributed by atoms with E-state index in [-0.39, 0.29) is 19.8 Å². The molecule has 1 unspecified atom stereocenters. The zero-order chi connectivity index (χ0) is 31.7. The van der Waals surface area contributed by atoms with Crippen molar-refractivity contribution < 1.29 is 76.5 Å². The van der Waals surface area contributed by atoms with Crippen LogP contribution in [0.1, 0.15) is 0 Å². The highest BCUT2D eigenvalue weighted by Gasteiger charge is 2.54. The second kappa shape index (κ2) is 17.9. The highest BCUT2D eigenvalue weighted by molar-refractivity contribution is 4.97. The molecule has 0 aliphatic carbocycles. The second-order valence-electron chi connectivity index (χ2n) is 10.4. The standard InChI is InChI=1S/C27H50O16/c1-30-10-13-17(32-3)22(36-7)24(38-9)27(42-13)43-19-14(11-31-2)41-26(16(28)20(19)34-5)39-12-15-18(33-4)21(35-6)23(37-8)25(29)40-15/h13-29H,10-12H2,1-9H3/t13-,14-,15-,16-,17-,18-,19-,20-,21+,22+,23-,24-,25?,26-,27-/m1/s1. The molecular weight excluding hydrogens is 580 g/mol. The molecule has 0 bridgehead atoms. The molecule has 0 aromatic heterocycles. The topological polar surface area (TPSA) is 170 Å².